The number of benzene rings is 1. The summed E-state index contributed by atoms with van der Waals surface area (Å²) in [5.41, 5.74) is 2.06. The van der Waals surface area contributed by atoms with E-state index in [2.05, 4.69) is 18.9 Å². The number of ether oxygens (including phenoxy) is 1. The van der Waals surface area contributed by atoms with Gasteiger partial charge in [-0.2, -0.15) is 5.10 Å². The Kier molecular flexibility index (Phi) is 2.95. The lowest BCUT2D eigenvalue weighted by molar-refractivity contribution is 0.383. The number of methoxy groups -OCH3 is 1. The molecule has 0 spiro atoms. The normalized spacial score (nSPS) is 10.8. The quantitative estimate of drug-likeness (QED) is 0.788. The summed E-state index contributed by atoms with van der Waals surface area (Å²) in [7, 11) is 1.67. The minimum absolute atomic E-state index is 0.402. The zero-order valence-corrected chi connectivity index (χ0v) is 9.84. The molecule has 84 valence electrons. The summed E-state index contributed by atoms with van der Waals surface area (Å²) in [6.07, 6.45) is 0. The molecule has 0 atom stereocenters. The van der Waals surface area contributed by atoms with E-state index in [0.717, 1.165) is 17.3 Å². The second kappa shape index (κ2) is 4.39. The first-order chi connectivity index (χ1) is 7.72. The second-order valence-corrected chi connectivity index (χ2v) is 4.01. The number of nitrogens with zero attached hydrogens (tertiary/aromatic N) is 2. The predicted octanol–water partition coefficient (Wildman–Crippen LogP) is 3.00. The van der Waals surface area contributed by atoms with Gasteiger partial charge in [-0.3, -0.25) is 0 Å². The van der Waals surface area contributed by atoms with Crippen LogP contribution in [0.15, 0.2) is 36.4 Å². The molecule has 1 aromatic carbocycles. The van der Waals surface area contributed by atoms with Crippen molar-refractivity contribution in [3.8, 4) is 11.6 Å². The van der Waals surface area contributed by atoms with Gasteiger partial charge in [0.15, 0.2) is 0 Å². The number of aromatic nitrogens is 2. The van der Waals surface area contributed by atoms with Crippen LogP contribution in [0.3, 0.4) is 0 Å². The molecule has 2 rings (SSSR count). The lowest BCUT2D eigenvalue weighted by atomic mass is 10.1. The second-order valence-electron chi connectivity index (χ2n) is 4.01. The smallest absolute Gasteiger partial charge is 0.216 e. The molecule has 0 aliphatic rings. The molecule has 0 amide bonds. The van der Waals surface area contributed by atoms with E-state index in [0.29, 0.717) is 5.92 Å². The highest BCUT2D eigenvalue weighted by Gasteiger charge is 2.11. The lowest BCUT2D eigenvalue weighted by Crippen LogP contribution is -2.00. The fourth-order valence-corrected chi connectivity index (χ4v) is 1.56. The van der Waals surface area contributed by atoms with E-state index < -0.39 is 0 Å². The molecule has 16 heavy (non-hydrogen) atoms. The lowest BCUT2D eigenvalue weighted by Gasteiger charge is -2.04. The highest BCUT2D eigenvalue weighted by atomic mass is 16.5. The summed E-state index contributed by atoms with van der Waals surface area (Å²) in [5.74, 6) is 1.17. The van der Waals surface area contributed by atoms with Gasteiger partial charge in [-0.05, 0) is 18.1 Å². The van der Waals surface area contributed by atoms with E-state index in [1.54, 1.807) is 7.11 Å². The first-order valence-corrected chi connectivity index (χ1v) is 5.41. The van der Waals surface area contributed by atoms with Gasteiger partial charge in [-0.25, -0.2) is 4.68 Å². The molecule has 1 aromatic heterocycles. The fraction of sp³-hybridized carbons (Fsp3) is 0.308. The molecule has 0 radical (unpaired) electrons. The minimum atomic E-state index is 0.402. The Morgan fingerprint density at radius 3 is 2.44 bits per heavy atom. The summed E-state index contributed by atoms with van der Waals surface area (Å²) >= 11 is 0. The van der Waals surface area contributed by atoms with Crippen LogP contribution >= 0.6 is 0 Å². The Bertz CT molecular complexity index is 460. The van der Waals surface area contributed by atoms with Crippen LogP contribution in [0.4, 0.5) is 0 Å². The zero-order chi connectivity index (χ0) is 11.5. The molecule has 0 saturated carbocycles. The van der Waals surface area contributed by atoms with Crippen LogP contribution in [-0.2, 0) is 0 Å². The van der Waals surface area contributed by atoms with Crippen molar-refractivity contribution >= 4 is 0 Å². The summed E-state index contributed by atoms with van der Waals surface area (Å²) in [5, 5.41) is 4.54. The SMILES string of the molecule is COc1cc(C(C)C)nn1-c1ccccc1. The van der Waals surface area contributed by atoms with E-state index in [1.807, 2.05) is 41.1 Å². The number of hydrogen-bond acceptors (Lipinski definition) is 2. The number of rotatable bonds is 3. The summed E-state index contributed by atoms with van der Waals surface area (Å²) in [4.78, 5) is 0. The Labute approximate surface area is 95.7 Å². The molecule has 2 aromatic rings. The van der Waals surface area contributed by atoms with Gasteiger partial charge < -0.3 is 4.74 Å². The van der Waals surface area contributed by atoms with Crippen molar-refractivity contribution in [2.45, 2.75) is 19.8 Å². The highest BCUT2D eigenvalue weighted by molar-refractivity contribution is 5.36. The van der Waals surface area contributed by atoms with Gasteiger partial charge in [0.2, 0.25) is 5.88 Å². The van der Waals surface area contributed by atoms with Gasteiger partial charge in [-0.1, -0.05) is 32.0 Å². The molecular weight excluding hydrogens is 200 g/mol. The maximum absolute atomic E-state index is 5.33. The van der Waals surface area contributed by atoms with Crippen LogP contribution in [0.5, 0.6) is 5.88 Å². The van der Waals surface area contributed by atoms with Crippen molar-refractivity contribution in [2.75, 3.05) is 7.11 Å². The molecule has 0 aliphatic carbocycles. The Balaban J connectivity index is 2.48. The summed E-state index contributed by atoms with van der Waals surface area (Å²) < 4.78 is 7.16. The first-order valence-electron chi connectivity index (χ1n) is 5.41. The van der Waals surface area contributed by atoms with Crippen LogP contribution in [-0.4, -0.2) is 16.9 Å². The standard InChI is InChI=1S/C13H16N2O/c1-10(2)12-9-13(16-3)15(14-12)11-7-5-4-6-8-11/h4-10H,1-3H3. The monoisotopic (exact) mass is 216 g/mol. The summed E-state index contributed by atoms with van der Waals surface area (Å²) in [6, 6.07) is 12.0. The van der Waals surface area contributed by atoms with Crippen molar-refractivity contribution in [3.63, 3.8) is 0 Å². The van der Waals surface area contributed by atoms with Crippen LogP contribution in [0.2, 0.25) is 0 Å². The third-order valence-electron chi connectivity index (χ3n) is 2.50. The van der Waals surface area contributed by atoms with Gasteiger partial charge in [0.1, 0.15) is 0 Å². The van der Waals surface area contributed by atoms with E-state index in [4.69, 9.17) is 4.74 Å². The van der Waals surface area contributed by atoms with E-state index in [-0.39, 0.29) is 0 Å². The van der Waals surface area contributed by atoms with E-state index in [9.17, 15) is 0 Å². The third-order valence-corrected chi connectivity index (χ3v) is 2.50. The first kappa shape index (κ1) is 10.7. The van der Waals surface area contributed by atoms with Crippen LogP contribution in [0, 0.1) is 0 Å². The zero-order valence-electron chi connectivity index (χ0n) is 9.84. The predicted molar refractivity (Wildman–Crippen MR) is 64.2 cm³/mol. The highest BCUT2D eigenvalue weighted by Crippen LogP contribution is 2.23. The van der Waals surface area contributed by atoms with Crippen LogP contribution in [0.25, 0.3) is 5.69 Å². The minimum Gasteiger partial charge on any atom is -0.481 e. The van der Waals surface area contributed by atoms with Gasteiger partial charge >= 0.3 is 0 Å². The maximum Gasteiger partial charge on any atom is 0.216 e. The average molecular weight is 216 g/mol. The molecular formula is C13H16N2O. The Hall–Kier alpha value is -1.77. The molecule has 3 heteroatoms. The number of hydrogen-bond donors (Lipinski definition) is 0. The molecule has 0 N–H and O–H groups in total. The molecule has 0 bridgehead atoms. The van der Waals surface area contributed by atoms with Crippen molar-refractivity contribution in [1.82, 2.24) is 9.78 Å². The van der Waals surface area contributed by atoms with Gasteiger partial charge in [0.25, 0.3) is 0 Å². The van der Waals surface area contributed by atoms with E-state index in [1.165, 1.54) is 0 Å². The Morgan fingerprint density at radius 2 is 1.88 bits per heavy atom. The third kappa shape index (κ3) is 1.94. The van der Waals surface area contributed by atoms with Gasteiger partial charge in [0.05, 0.1) is 18.5 Å². The molecule has 0 aliphatic heterocycles. The van der Waals surface area contributed by atoms with Gasteiger partial charge in [0, 0.05) is 6.07 Å². The average Bonchev–Trinajstić information content (AvgIpc) is 2.74. The van der Waals surface area contributed by atoms with E-state index >= 15 is 0 Å². The molecule has 1 heterocycles. The number of para-hydroxylation sites is 1. The van der Waals surface area contributed by atoms with Crippen LogP contribution < -0.4 is 4.74 Å². The molecule has 0 saturated heterocycles. The largest absolute Gasteiger partial charge is 0.481 e. The van der Waals surface area contributed by atoms with Crippen molar-refractivity contribution in [3.05, 3.63) is 42.1 Å². The van der Waals surface area contributed by atoms with Crippen molar-refractivity contribution in [1.29, 1.82) is 0 Å². The topological polar surface area (TPSA) is 27.1 Å². The molecule has 0 unspecified atom stereocenters. The van der Waals surface area contributed by atoms with Crippen LogP contribution in [0.1, 0.15) is 25.5 Å². The van der Waals surface area contributed by atoms with Gasteiger partial charge in [-0.15, -0.1) is 0 Å². The maximum atomic E-state index is 5.33. The Morgan fingerprint density at radius 1 is 1.19 bits per heavy atom. The molecule has 3 nitrogen and oxygen atoms in total. The van der Waals surface area contributed by atoms with Crippen molar-refractivity contribution < 1.29 is 4.74 Å². The summed E-state index contributed by atoms with van der Waals surface area (Å²) in [6.45, 7) is 4.24. The molecule has 0 fully saturated rings. The van der Waals surface area contributed by atoms with Crippen molar-refractivity contribution in [2.24, 2.45) is 0 Å². The fourth-order valence-electron chi connectivity index (χ4n) is 1.56.